The maximum atomic E-state index is 11.9. The molecule has 88 valence electrons. The molecular weight excluding hydrogens is 260 g/mol. The van der Waals surface area contributed by atoms with Crippen LogP contribution < -0.4 is 0 Å². The van der Waals surface area contributed by atoms with Gasteiger partial charge in [-0.05, 0) is 23.2 Å². The van der Waals surface area contributed by atoms with Gasteiger partial charge >= 0.3 is 0 Å². The molecule has 7 heteroatoms. The van der Waals surface area contributed by atoms with Crippen LogP contribution in [0, 0.1) is 0 Å². The third-order valence-electron chi connectivity index (χ3n) is 2.07. The van der Waals surface area contributed by atoms with Crippen molar-refractivity contribution in [3.8, 4) is 0 Å². The van der Waals surface area contributed by atoms with Crippen molar-refractivity contribution in [3.63, 3.8) is 0 Å². The molecule has 0 unspecified atom stereocenters. The number of nitrogens with zero attached hydrogens (tertiary/aromatic N) is 4. The monoisotopic (exact) mass is 268 g/mol. The van der Waals surface area contributed by atoms with Gasteiger partial charge in [0, 0.05) is 26.0 Å². The van der Waals surface area contributed by atoms with Crippen LogP contribution >= 0.6 is 22.9 Å². The second-order valence-corrected chi connectivity index (χ2v) is 4.94. The quantitative estimate of drug-likeness (QED) is 0.853. The Balaban J connectivity index is 2.06. The van der Waals surface area contributed by atoms with Gasteiger partial charge in [0.25, 0.3) is 5.91 Å². The Hall–Kier alpha value is -1.53. The van der Waals surface area contributed by atoms with Gasteiger partial charge in [0.15, 0.2) is 0 Å². The first kappa shape index (κ1) is 11.9. The van der Waals surface area contributed by atoms with Crippen molar-refractivity contribution in [1.82, 2.24) is 20.1 Å². The van der Waals surface area contributed by atoms with E-state index in [2.05, 4.69) is 15.2 Å². The lowest BCUT2D eigenvalue weighted by molar-refractivity contribution is 0.0784. The predicted octanol–water partition coefficient (Wildman–Crippen LogP) is 1.86. The lowest BCUT2D eigenvalue weighted by atomic mass is 10.3. The van der Waals surface area contributed by atoms with Crippen molar-refractivity contribution in [3.05, 3.63) is 39.6 Å². The highest BCUT2D eigenvalue weighted by molar-refractivity contribution is 7.17. The van der Waals surface area contributed by atoms with Gasteiger partial charge in [-0.2, -0.15) is 0 Å². The molecule has 0 bridgehead atoms. The van der Waals surface area contributed by atoms with Crippen LogP contribution in [0.5, 0.6) is 0 Å². The van der Waals surface area contributed by atoms with Crippen molar-refractivity contribution in [1.29, 1.82) is 0 Å². The highest BCUT2D eigenvalue weighted by atomic mass is 35.5. The molecule has 0 N–H and O–H groups in total. The summed E-state index contributed by atoms with van der Waals surface area (Å²) >= 11 is 6.70. The van der Waals surface area contributed by atoms with E-state index in [1.165, 1.54) is 0 Å². The third kappa shape index (κ3) is 2.98. The average molecular weight is 269 g/mol. The van der Waals surface area contributed by atoms with E-state index in [0.717, 1.165) is 16.9 Å². The van der Waals surface area contributed by atoms with Crippen LogP contribution in [0.15, 0.2) is 24.5 Å². The molecule has 0 aliphatic heterocycles. The molecule has 17 heavy (non-hydrogen) atoms. The summed E-state index contributed by atoms with van der Waals surface area (Å²) in [6.45, 7) is 0.476. The molecule has 0 fully saturated rings. The molecule has 0 atom stereocenters. The fraction of sp³-hybridized carbons (Fsp3) is 0.200. The van der Waals surface area contributed by atoms with E-state index in [4.69, 9.17) is 11.6 Å². The summed E-state index contributed by atoms with van der Waals surface area (Å²) in [7, 11) is 1.70. The highest BCUT2D eigenvalue weighted by Gasteiger charge is 2.16. The molecule has 2 aromatic rings. The normalized spacial score (nSPS) is 10.2. The first-order chi connectivity index (χ1) is 8.16. The number of halogens is 1. The zero-order valence-corrected chi connectivity index (χ0v) is 10.6. The van der Waals surface area contributed by atoms with Crippen LogP contribution in [0.2, 0.25) is 4.47 Å². The minimum absolute atomic E-state index is 0.196. The number of carbonyl (C=O) groups is 1. The lowest BCUT2D eigenvalue weighted by Gasteiger charge is -2.14. The molecule has 0 saturated carbocycles. The average Bonchev–Trinajstić information content (AvgIpc) is 2.76. The van der Waals surface area contributed by atoms with Crippen LogP contribution in [0.4, 0.5) is 0 Å². The zero-order chi connectivity index (χ0) is 12.3. The predicted molar refractivity (Wildman–Crippen MR) is 65.0 cm³/mol. The number of hydrogen-bond acceptors (Lipinski definition) is 5. The molecule has 0 saturated heterocycles. The van der Waals surface area contributed by atoms with Crippen molar-refractivity contribution < 1.29 is 4.79 Å². The molecule has 0 aromatic carbocycles. The maximum Gasteiger partial charge on any atom is 0.284 e. The summed E-state index contributed by atoms with van der Waals surface area (Å²) in [5, 5.41) is 7.60. The molecule has 2 aromatic heterocycles. The van der Waals surface area contributed by atoms with Crippen LogP contribution in [-0.2, 0) is 6.54 Å². The van der Waals surface area contributed by atoms with E-state index in [1.807, 2.05) is 12.1 Å². The van der Waals surface area contributed by atoms with Crippen molar-refractivity contribution in [2.24, 2.45) is 0 Å². The first-order valence-electron chi connectivity index (χ1n) is 4.80. The number of rotatable bonds is 3. The zero-order valence-electron chi connectivity index (χ0n) is 9.00. The number of hydrogen-bond donors (Lipinski definition) is 0. The molecule has 2 rings (SSSR count). The van der Waals surface area contributed by atoms with Gasteiger partial charge in [0.1, 0.15) is 0 Å². The fourth-order valence-corrected chi connectivity index (χ4v) is 2.12. The second-order valence-electron chi connectivity index (χ2n) is 3.38. The summed E-state index contributed by atoms with van der Waals surface area (Å²) in [4.78, 5) is 17.5. The van der Waals surface area contributed by atoms with Crippen molar-refractivity contribution in [2.75, 3.05) is 7.05 Å². The Labute approximate surface area is 107 Å². The topological polar surface area (TPSA) is 59.0 Å². The van der Waals surface area contributed by atoms with Gasteiger partial charge in [-0.15, -0.1) is 10.2 Å². The van der Waals surface area contributed by atoms with Crippen molar-refractivity contribution >= 4 is 28.8 Å². The van der Waals surface area contributed by atoms with Crippen molar-refractivity contribution in [2.45, 2.75) is 6.54 Å². The van der Waals surface area contributed by atoms with E-state index in [-0.39, 0.29) is 10.4 Å². The Kier molecular flexibility index (Phi) is 3.65. The van der Waals surface area contributed by atoms with Gasteiger partial charge in [-0.3, -0.25) is 9.78 Å². The Morgan fingerprint density at radius 2 is 2.35 bits per heavy atom. The second kappa shape index (κ2) is 5.20. The summed E-state index contributed by atoms with van der Waals surface area (Å²) < 4.78 is 0.267. The Morgan fingerprint density at radius 3 is 2.94 bits per heavy atom. The van der Waals surface area contributed by atoms with Crippen LogP contribution in [0.1, 0.15) is 15.4 Å². The molecule has 1 amide bonds. The summed E-state index contributed by atoms with van der Waals surface area (Å²) in [6.07, 6.45) is 3.41. The lowest BCUT2D eigenvalue weighted by Crippen LogP contribution is -2.26. The molecule has 0 aliphatic carbocycles. The fourth-order valence-electron chi connectivity index (χ4n) is 1.29. The molecule has 2 heterocycles. The summed E-state index contributed by atoms with van der Waals surface area (Å²) in [6, 6.07) is 3.74. The van der Waals surface area contributed by atoms with Crippen LogP contribution in [0.25, 0.3) is 0 Å². The Bertz CT molecular complexity index is 516. The largest absolute Gasteiger partial charge is 0.335 e. The van der Waals surface area contributed by atoms with Gasteiger partial charge in [0.2, 0.25) is 9.47 Å². The number of carbonyl (C=O) groups excluding carboxylic acids is 1. The number of amides is 1. The standard InChI is InChI=1S/C10H9ClN4OS/c1-15(6-7-3-2-4-12-5-7)9(16)8-13-14-10(11)17-8/h2-5H,6H2,1H3. The van der Waals surface area contributed by atoms with E-state index in [9.17, 15) is 4.79 Å². The van der Waals surface area contributed by atoms with E-state index in [0.29, 0.717) is 11.6 Å². The molecule has 0 aliphatic rings. The molecule has 0 radical (unpaired) electrons. The van der Waals surface area contributed by atoms with Gasteiger partial charge in [-0.1, -0.05) is 17.4 Å². The maximum absolute atomic E-state index is 11.9. The number of pyridine rings is 1. The summed E-state index contributed by atoms with van der Waals surface area (Å²) in [5.41, 5.74) is 0.957. The van der Waals surface area contributed by atoms with E-state index >= 15 is 0 Å². The van der Waals surface area contributed by atoms with Crippen LogP contribution in [0.3, 0.4) is 0 Å². The minimum Gasteiger partial charge on any atom is -0.335 e. The molecular formula is C10H9ClN4OS. The van der Waals surface area contributed by atoms with E-state index in [1.54, 1.807) is 24.3 Å². The Morgan fingerprint density at radius 1 is 1.53 bits per heavy atom. The van der Waals surface area contributed by atoms with E-state index < -0.39 is 0 Å². The smallest absolute Gasteiger partial charge is 0.284 e. The van der Waals surface area contributed by atoms with Gasteiger partial charge < -0.3 is 4.90 Å². The van der Waals surface area contributed by atoms with Gasteiger partial charge in [0.05, 0.1) is 0 Å². The molecule has 5 nitrogen and oxygen atoms in total. The SMILES string of the molecule is CN(Cc1cccnc1)C(=O)c1nnc(Cl)s1. The first-order valence-corrected chi connectivity index (χ1v) is 5.99. The summed E-state index contributed by atoms with van der Waals surface area (Å²) in [5.74, 6) is -0.196. The molecule has 0 spiro atoms. The van der Waals surface area contributed by atoms with Gasteiger partial charge in [-0.25, -0.2) is 0 Å². The number of aromatic nitrogens is 3. The highest BCUT2D eigenvalue weighted by Crippen LogP contribution is 2.16. The third-order valence-corrected chi connectivity index (χ3v) is 3.08. The minimum atomic E-state index is -0.196. The van der Waals surface area contributed by atoms with Crippen LogP contribution in [-0.4, -0.2) is 33.0 Å².